The van der Waals surface area contributed by atoms with E-state index in [9.17, 15) is 0 Å². The first-order valence-electron chi connectivity index (χ1n) is 13.6. The zero-order valence-electron chi connectivity index (χ0n) is 21.7. The van der Waals surface area contributed by atoms with Crippen LogP contribution < -0.4 is 0 Å². The SMILES string of the molecule is CC1=CC2C=C(C=C1)c1cccc(-c3cccc(-c4ccc5c6ccccc6c6ccccc6c5c4)c3)c1S2. The summed E-state index contributed by atoms with van der Waals surface area (Å²) < 4.78 is 0. The highest BCUT2D eigenvalue weighted by Gasteiger charge is 2.22. The molecule has 2 bridgehead atoms. The first kappa shape index (κ1) is 22.6. The van der Waals surface area contributed by atoms with E-state index in [0.29, 0.717) is 5.25 Å². The van der Waals surface area contributed by atoms with Gasteiger partial charge in [-0.25, -0.2) is 0 Å². The fraction of sp³-hybridized carbons (Fsp3) is 0.0526. The first-order valence-corrected chi connectivity index (χ1v) is 14.4. The Morgan fingerprint density at radius 3 is 1.87 bits per heavy atom. The van der Waals surface area contributed by atoms with E-state index in [1.54, 1.807) is 0 Å². The second-order valence-electron chi connectivity index (χ2n) is 10.6. The lowest BCUT2D eigenvalue weighted by atomic mass is 9.91. The van der Waals surface area contributed by atoms with Crippen LogP contribution in [-0.4, -0.2) is 5.25 Å². The monoisotopic (exact) mass is 514 g/mol. The quantitative estimate of drug-likeness (QED) is 0.207. The topological polar surface area (TPSA) is 0 Å². The summed E-state index contributed by atoms with van der Waals surface area (Å²) in [6.07, 6.45) is 9.27. The molecule has 1 heterocycles. The van der Waals surface area contributed by atoms with Crippen LogP contribution in [0.4, 0.5) is 0 Å². The summed E-state index contributed by atoms with van der Waals surface area (Å²) in [4.78, 5) is 1.38. The largest absolute Gasteiger partial charge is 0.113 e. The predicted molar refractivity (Wildman–Crippen MR) is 170 cm³/mol. The number of hydrogen-bond donors (Lipinski definition) is 0. The van der Waals surface area contributed by atoms with Gasteiger partial charge in [0.05, 0.1) is 0 Å². The highest BCUT2D eigenvalue weighted by Crippen LogP contribution is 2.46. The van der Waals surface area contributed by atoms with E-state index in [2.05, 4.69) is 140 Å². The van der Waals surface area contributed by atoms with Gasteiger partial charge in [-0.1, -0.05) is 127 Å². The van der Waals surface area contributed by atoms with Crippen LogP contribution in [0.15, 0.2) is 144 Å². The Hall–Kier alpha value is -4.33. The molecule has 0 aromatic heterocycles. The molecule has 0 fully saturated rings. The number of hydrogen-bond acceptors (Lipinski definition) is 1. The molecule has 184 valence electrons. The summed E-state index contributed by atoms with van der Waals surface area (Å²) >= 11 is 1.96. The zero-order chi connectivity index (χ0) is 25.9. The van der Waals surface area contributed by atoms with Crippen molar-refractivity contribution >= 4 is 49.7 Å². The van der Waals surface area contributed by atoms with E-state index in [4.69, 9.17) is 0 Å². The summed E-state index contributed by atoms with van der Waals surface area (Å²) in [5.41, 5.74) is 9.07. The average molecular weight is 515 g/mol. The summed E-state index contributed by atoms with van der Waals surface area (Å²) in [5.74, 6) is 0. The molecule has 0 amide bonds. The molecule has 1 aliphatic carbocycles. The van der Waals surface area contributed by atoms with Gasteiger partial charge in [-0.05, 0) is 84.8 Å². The van der Waals surface area contributed by atoms with Crippen molar-refractivity contribution in [3.05, 3.63) is 145 Å². The Morgan fingerprint density at radius 2 is 1.10 bits per heavy atom. The summed E-state index contributed by atoms with van der Waals surface area (Å²) in [5, 5.41) is 8.25. The summed E-state index contributed by atoms with van der Waals surface area (Å²) in [6.45, 7) is 2.19. The fourth-order valence-electron chi connectivity index (χ4n) is 6.27. The highest BCUT2D eigenvalue weighted by molar-refractivity contribution is 8.00. The Morgan fingerprint density at radius 1 is 0.487 bits per heavy atom. The average Bonchev–Trinajstić information content (AvgIpc) is 3.14. The Labute approximate surface area is 233 Å². The minimum Gasteiger partial charge on any atom is -0.113 e. The van der Waals surface area contributed by atoms with Crippen LogP contribution in [-0.2, 0) is 0 Å². The molecule has 0 nitrogen and oxygen atoms in total. The van der Waals surface area contributed by atoms with Crippen LogP contribution >= 0.6 is 11.8 Å². The summed E-state index contributed by atoms with van der Waals surface area (Å²) in [7, 11) is 0. The van der Waals surface area contributed by atoms with Gasteiger partial charge in [0, 0.05) is 10.1 Å². The number of thioether (sulfide) groups is 1. The Bertz CT molecular complexity index is 2020. The van der Waals surface area contributed by atoms with Gasteiger partial charge in [0.25, 0.3) is 0 Å². The van der Waals surface area contributed by atoms with Gasteiger partial charge in [-0.2, -0.15) is 0 Å². The number of benzene rings is 6. The van der Waals surface area contributed by atoms with Gasteiger partial charge in [0.15, 0.2) is 0 Å². The molecular formula is C38H26S. The maximum Gasteiger partial charge on any atom is 0.0469 e. The Kier molecular flexibility index (Phi) is 5.15. The molecule has 0 radical (unpaired) electrons. The molecule has 1 unspecified atom stereocenters. The zero-order valence-corrected chi connectivity index (χ0v) is 22.5. The standard InChI is InChI=1S/C38H26S/c1-24-16-17-28-22-29(20-24)39-38-30(14-7-15-31(28)38)27-9-6-8-25(21-27)26-18-19-36-34-12-3-2-10-32(34)33-11-4-5-13-35(33)37(36)23-26/h2-23,29H,1H3. The van der Waals surface area contributed by atoms with Crippen molar-refractivity contribution in [3.63, 3.8) is 0 Å². The van der Waals surface area contributed by atoms with Crippen molar-refractivity contribution in [2.24, 2.45) is 0 Å². The van der Waals surface area contributed by atoms with Crippen LogP contribution in [0.25, 0.3) is 60.1 Å². The molecule has 8 rings (SSSR count). The second-order valence-corrected chi connectivity index (χ2v) is 11.8. The van der Waals surface area contributed by atoms with Crippen molar-refractivity contribution < 1.29 is 0 Å². The lowest BCUT2D eigenvalue weighted by Gasteiger charge is -2.23. The van der Waals surface area contributed by atoms with Crippen molar-refractivity contribution in [1.29, 1.82) is 0 Å². The van der Waals surface area contributed by atoms with Gasteiger partial charge >= 0.3 is 0 Å². The third kappa shape index (κ3) is 3.69. The molecular weight excluding hydrogens is 488 g/mol. The van der Waals surface area contributed by atoms with Crippen LogP contribution in [0.5, 0.6) is 0 Å². The normalized spacial score (nSPS) is 16.2. The van der Waals surface area contributed by atoms with E-state index in [1.165, 1.54) is 76.2 Å². The van der Waals surface area contributed by atoms with E-state index in [1.807, 2.05) is 11.8 Å². The van der Waals surface area contributed by atoms with Gasteiger partial charge < -0.3 is 0 Å². The number of allylic oxidation sites excluding steroid dienone is 4. The molecule has 39 heavy (non-hydrogen) atoms. The van der Waals surface area contributed by atoms with Gasteiger partial charge in [-0.15, -0.1) is 11.8 Å². The van der Waals surface area contributed by atoms with E-state index >= 15 is 0 Å². The molecule has 1 atom stereocenters. The molecule has 2 aliphatic rings. The molecule has 0 spiro atoms. The van der Waals surface area contributed by atoms with E-state index in [-0.39, 0.29) is 0 Å². The molecule has 6 aromatic rings. The van der Waals surface area contributed by atoms with E-state index < -0.39 is 0 Å². The first-order chi connectivity index (χ1) is 19.2. The third-order valence-corrected chi connectivity index (χ3v) is 9.35. The Balaban J connectivity index is 1.29. The smallest absolute Gasteiger partial charge is 0.0469 e. The minimum absolute atomic E-state index is 0.371. The molecule has 6 aromatic carbocycles. The fourth-order valence-corrected chi connectivity index (χ4v) is 7.67. The van der Waals surface area contributed by atoms with Crippen LogP contribution in [0.1, 0.15) is 12.5 Å². The second kappa shape index (κ2) is 8.86. The third-order valence-electron chi connectivity index (χ3n) is 8.13. The number of rotatable bonds is 2. The van der Waals surface area contributed by atoms with Crippen molar-refractivity contribution in [1.82, 2.24) is 0 Å². The van der Waals surface area contributed by atoms with Crippen LogP contribution in [0.2, 0.25) is 0 Å². The van der Waals surface area contributed by atoms with Crippen LogP contribution in [0.3, 0.4) is 0 Å². The highest BCUT2D eigenvalue weighted by atomic mass is 32.2. The molecule has 1 heteroatoms. The molecule has 1 aliphatic heterocycles. The minimum atomic E-state index is 0.371. The lowest BCUT2D eigenvalue weighted by molar-refractivity contribution is 1.30. The number of fused-ring (bicyclic) bond motifs is 9. The molecule has 0 saturated carbocycles. The van der Waals surface area contributed by atoms with Gasteiger partial charge in [0.1, 0.15) is 0 Å². The van der Waals surface area contributed by atoms with Crippen molar-refractivity contribution in [2.45, 2.75) is 17.1 Å². The molecule has 0 saturated heterocycles. The maximum atomic E-state index is 2.39. The van der Waals surface area contributed by atoms with E-state index in [0.717, 1.165) is 0 Å². The summed E-state index contributed by atoms with van der Waals surface area (Å²) in [6, 6.07) is 40.4. The maximum absolute atomic E-state index is 2.39. The molecule has 0 N–H and O–H groups in total. The van der Waals surface area contributed by atoms with Gasteiger partial charge in [0.2, 0.25) is 0 Å². The van der Waals surface area contributed by atoms with Crippen molar-refractivity contribution in [3.8, 4) is 22.3 Å². The van der Waals surface area contributed by atoms with Gasteiger partial charge in [-0.3, -0.25) is 0 Å². The van der Waals surface area contributed by atoms with Crippen molar-refractivity contribution in [2.75, 3.05) is 0 Å². The predicted octanol–water partition coefficient (Wildman–Crippen LogP) is 10.9. The van der Waals surface area contributed by atoms with Crippen LogP contribution in [0, 0.1) is 0 Å². The lowest BCUT2D eigenvalue weighted by Crippen LogP contribution is -2.03.